The van der Waals surface area contributed by atoms with Crippen molar-refractivity contribution in [1.82, 2.24) is 5.16 Å². The van der Waals surface area contributed by atoms with Crippen molar-refractivity contribution in [2.24, 2.45) is 0 Å². The van der Waals surface area contributed by atoms with Crippen LogP contribution in [0.4, 0.5) is 5.82 Å². The molecule has 0 saturated carbocycles. The second kappa shape index (κ2) is 4.39. The molecule has 0 radical (unpaired) electrons. The molecule has 0 aliphatic heterocycles. The Balaban J connectivity index is 2.52. The molecule has 0 unspecified atom stereocenters. The number of hydrogen-bond acceptors (Lipinski definition) is 3. The van der Waals surface area contributed by atoms with Crippen molar-refractivity contribution in [2.45, 2.75) is 26.7 Å². The van der Waals surface area contributed by atoms with Crippen LogP contribution in [0.1, 0.15) is 25.0 Å². The van der Waals surface area contributed by atoms with E-state index >= 15 is 0 Å². The largest absolute Gasteiger partial charge is 0.381 e. The molecule has 1 aromatic carbocycles. The normalized spacial score (nSPS) is 10.6. The number of benzene rings is 1. The average Bonchev–Trinajstić information content (AvgIpc) is 2.75. The molecular formula is C13H16N2O. The lowest BCUT2D eigenvalue weighted by molar-refractivity contribution is 0.435. The van der Waals surface area contributed by atoms with Gasteiger partial charge in [0.25, 0.3) is 0 Å². The summed E-state index contributed by atoms with van der Waals surface area (Å²) >= 11 is 0. The third-order valence-electron chi connectivity index (χ3n) is 2.76. The smallest absolute Gasteiger partial charge is 0.169 e. The Labute approximate surface area is 95.3 Å². The highest BCUT2D eigenvalue weighted by Crippen LogP contribution is 2.27. The van der Waals surface area contributed by atoms with Gasteiger partial charge < -0.3 is 10.3 Å². The molecule has 0 fully saturated rings. The number of aryl methyl sites for hydroxylation is 2. The second-order valence-electron chi connectivity index (χ2n) is 3.81. The van der Waals surface area contributed by atoms with Gasteiger partial charge in [0.2, 0.25) is 0 Å². The number of anilines is 1. The summed E-state index contributed by atoms with van der Waals surface area (Å²) in [5.74, 6) is 1.18. The molecular weight excluding hydrogens is 200 g/mol. The molecule has 0 aliphatic carbocycles. The number of nitrogens with two attached hydrogens (primary N) is 1. The highest BCUT2D eigenvalue weighted by atomic mass is 16.5. The van der Waals surface area contributed by atoms with Crippen molar-refractivity contribution in [3.05, 3.63) is 35.4 Å². The van der Waals surface area contributed by atoms with E-state index in [1.807, 2.05) is 0 Å². The summed E-state index contributed by atoms with van der Waals surface area (Å²) in [5, 5.41) is 3.73. The molecule has 0 spiro atoms. The van der Waals surface area contributed by atoms with E-state index in [1.165, 1.54) is 11.1 Å². The highest BCUT2D eigenvalue weighted by Gasteiger charge is 2.09. The van der Waals surface area contributed by atoms with Gasteiger partial charge in [-0.2, -0.15) is 0 Å². The molecule has 1 aromatic heterocycles. The van der Waals surface area contributed by atoms with Gasteiger partial charge in [-0.1, -0.05) is 31.1 Å². The molecule has 1 heterocycles. The van der Waals surface area contributed by atoms with E-state index in [0.29, 0.717) is 5.82 Å². The first kappa shape index (κ1) is 10.7. The van der Waals surface area contributed by atoms with Crippen LogP contribution in [0.25, 0.3) is 11.3 Å². The zero-order valence-corrected chi connectivity index (χ0v) is 9.66. The van der Waals surface area contributed by atoms with Gasteiger partial charge in [-0.3, -0.25) is 0 Å². The van der Waals surface area contributed by atoms with Crippen molar-refractivity contribution < 1.29 is 4.52 Å². The molecule has 84 valence electrons. The fourth-order valence-electron chi connectivity index (χ4n) is 1.80. The first-order chi connectivity index (χ1) is 7.74. The van der Waals surface area contributed by atoms with Crippen molar-refractivity contribution in [1.29, 1.82) is 0 Å². The maximum absolute atomic E-state index is 5.57. The average molecular weight is 216 g/mol. The van der Waals surface area contributed by atoms with E-state index in [2.05, 4.69) is 37.2 Å². The standard InChI is InChI=1S/C13H16N2O/c1-3-9-5-6-10(4-2)11(7-9)12-8-13(14)15-16-12/h5-8H,3-4H2,1-2H3,(H2,14,15). The summed E-state index contributed by atoms with van der Waals surface area (Å²) in [6, 6.07) is 8.22. The molecule has 2 N–H and O–H groups in total. The number of nitrogen functional groups attached to an aromatic ring is 1. The quantitative estimate of drug-likeness (QED) is 0.857. The van der Waals surface area contributed by atoms with Gasteiger partial charge in [0.05, 0.1) is 0 Å². The summed E-state index contributed by atoms with van der Waals surface area (Å²) in [4.78, 5) is 0. The molecule has 3 heteroatoms. The Kier molecular flexibility index (Phi) is 2.95. The van der Waals surface area contributed by atoms with E-state index < -0.39 is 0 Å². The lowest BCUT2D eigenvalue weighted by atomic mass is 9.99. The lowest BCUT2D eigenvalue weighted by Crippen LogP contribution is -1.89. The molecule has 0 atom stereocenters. The van der Waals surface area contributed by atoms with Crippen molar-refractivity contribution >= 4 is 5.82 Å². The minimum Gasteiger partial charge on any atom is -0.381 e. The van der Waals surface area contributed by atoms with Gasteiger partial charge in [-0.05, 0) is 30.0 Å². The summed E-state index contributed by atoms with van der Waals surface area (Å²) in [6.07, 6.45) is 1.99. The third kappa shape index (κ3) is 1.94. The van der Waals surface area contributed by atoms with Crippen molar-refractivity contribution in [3.63, 3.8) is 0 Å². The highest BCUT2D eigenvalue weighted by molar-refractivity contribution is 5.65. The Hall–Kier alpha value is -1.77. The number of nitrogens with zero attached hydrogens (tertiary/aromatic N) is 1. The molecule has 0 amide bonds. The van der Waals surface area contributed by atoms with Crippen molar-refractivity contribution in [3.8, 4) is 11.3 Å². The Bertz CT molecular complexity index is 488. The third-order valence-corrected chi connectivity index (χ3v) is 2.76. The van der Waals surface area contributed by atoms with Crippen molar-refractivity contribution in [2.75, 3.05) is 5.73 Å². The zero-order chi connectivity index (χ0) is 11.5. The first-order valence-corrected chi connectivity index (χ1v) is 5.59. The summed E-state index contributed by atoms with van der Waals surface area (Å²) in [6.45, 7) is 4.27. The van der Waals surface area contributed by atoms with Gasteiger partial charge in [0.1, 0.15) is 0 Å². The van der Waals surface area contributed by atoms with Gasteiger partial charge in [-0.25, -0.2) is 0 Å². The van der Waals surface area contributed by atoms with E-state index in [-0.39, 0.29) is 0 Å². The Morgan fingerprint density at radius 1 is 1.19 bits per heavy atom. The van der Waals surface area contributed by atoms with Crippen LogP contribution < -0.4 is 5.73 Å². The molecule has 3 nitrogen and oxygen atoms in total. The van der Waals surface area contributed by atoms with E-state index in [0.717, 1.165) is 24.2 Å². The van der Waals surface area contributed by atoms with E-state index in [9.17, 15) is 0 Å². The van der Waals surface area contributed by atoms with Gasteiger partial charge in [-0.15, -0.1) is 0 Å². The van der Waals surface area contributed by atoms with Crippen LogP contribution in [0.2, 0.25) is 0 Å². The predicted octanol–water partition coefficient (Wildman–Crippen LogP) is 3.05. The monoisotopic (exact) mass is 216 g/mol. The topological polar surface area (TPSA) is 52.0 Å². The number of hydrogen-bond donors (Lipinski definition) is 1. The van der Waals surface area contributed by atoms with Crippen LogP contribution in [0, 0.1) is 0 Å². The molecule has 0 bridgehead atoms. The molecule has 2 rings (SSSR count). The minimum absolute atomic E-state index is 0.430. The summed E-state index contributed by atoms with van der Waals surface area (Å²) < 4.78 is 5.22. The Morgan fingerprint density at radius 2 is 2.00 bits per heavy atom. The maximum atomic E-state index is 5.57. The van der Waals surface area contributed by atoms with E-state index in [1.54, 1.807) is 6.07 Å². The lowest BCUT2D eigenvalue weighted by Gasteiger charge is -2.06. The van der Waals surface area contributed by atoms with Crippen LogP contribution in [0.5, 0.6) is 0 Å². The van der Waals surface area contributed by atoms with Crippen LogP contribution in [-0.4, -0.2) is 5.16 Å². The number of aromatic nitrogens is 1. The molecule has 2 aromatic rings. The second-order valence-corrected chi connectivity index (χ2v) is 3.81. The van der Waals surface area contributed by atoms with Crippen LogP contribution in [0.15, 0.2) is 28.8 Å². The van der Waals surface area contributed by atoms with Gasteiger partial charge in [0.15, 0.2) is 11.6 Å². The van der Waals surface area contributed by atoms with Gasteiger partial charge >= 0.3 is 0 Å². The summed E-state index contributed by atoms with van der Waals surface area (Å²) in [5.41, 5.74) is 9.23. The Morgan fingerprint density at radius 3 is 2.56 bits per heavy atom. The summed E-state index contributed by atoms with van der Waals surface area (Å²) in [7, 11) is 0. The predicted molar refractivity (Wildman–Crippen MR) is 65.1 cm³/mol. The first-order valence-electron chi connectivity index (χ1n) is 5.59. The zero-order valence-electron chi connectivity index (χ0n) is 9.66. The maximum Gasteiger partial charge on any atom is 0.169 e. The van der Waals surface area contributed by atoms with Crippen LogP contribution in [-0.2, 0) is 12.8 Å². The SMILES string of the molecule is CCc1ccc(CC)c(-c2cc(N)no2)c1. The van der Waals surface area contributed by atoms with Gasteiger partial charge in [0, 0.05) is 11.6 Å². The van der Waals surface area contributed by atoms with Crippen LogP contribution >= 0.6 is 0 Å². The fourth-order valence-corrected chi connectivity index (χ4v) is 1.80. The molecule has 0 saturated heterocycles. The number of rotatable bonds is 3. The minimum atomic E-state index is 0.430. The molecule has 0 aliphatic rings. The fraction of sp³-hybridized carbons (Fsp3) is 0.308. The van der Waals surface area contributed by atoms with Crippen LogP contribution in [0.3, 0.4) is 0 Å². The molecule has 16 heavy (non-hydrogen) atoms. The van der Waals surface area contributed by atoms with E-state index in [4.69, 9.17) is 10.3 Å².